The van der Waals surface area contributed by atoms with Gasteiger partial charge in [-0.05, 0) is 72.6 Å². The van der Waals surface area contributed by atoms with Crippen molar-refractivity contribution >= 4 is 27.6 Å². The zero-order valence-corrected chi connectivity index (χ0v) is 16.3. The zero-order chi connectivity index (χ0) is 20.6. The van der Waals surface area contributed by atoms with Crippen LogP contribution in [0.15, 0.2) is 30.3 Å². The van der Waals surface area contributed by atoms with Gasteiger partial charge in [0.15, 0.2) is 0 Å². The van der Waals surface area contributed by atoms with Crippen molar-refractivity contribution < 1.29 is 28.2 Å². The highest BCUT2D eigenvalue weighted by molar-refractivity contribution is 7.92. The van der Waals surface area contributed by atoms with Crippen LogP contribution in [0.4, 0.5) is 5.69 Å². The van der Waals surface area contributed by atoms with Crippen LogP contribution < -0.4 is 4.72 Å². The van der Waals surface area contributed by atoms with E-state index in [9.17, 15) is 28.2 Å². The van der Waals surface area contributed by atoms with Crippen molar-refractivity contribution in [2.24, 2.45) is 5.92 Å². The van der Waals surface area contributed by atoms with E-state index in [1.54, 1.807) is 37.3 Å². The Kier molecular flexibility index (Phi) is 5.16. The highest BCUT2D eigenvalue weighted by Gasteiger charge is 2.30. The van der Waals surface area contributed by atoms with Crippen molar-refractivity contribution in [1.29, 1.82) is 0 Å². The number of sulfonamides is 1. The largest absolute Gasteiger partial charge is 0.478 e. The van der Waals surface area contributed by atoms with Crippen LogP contribution in [0.25, 0.3) is 11.1 Å². The summed E-state index contributed by atoms with van der Waals surface area (Å²) in [7, 11) is -3.49. The standard InChI is InChI=1S/C20H21NO6S/c1-11-8-15(13-4-3-5-14(10-13)21-28(2,26)27)18(20(24)25)16(9-12-6-7-12)17(11)19(22)23/h3-5,8,10,12,21H,6-7,9H2,1-2H3,(H,22,23)(H,24,25). The topological polar surface area (TPSA) is 121 Å². The van der Waals surface area contributed by atoms with Gasteiger partial charge in [-0.1, -0.05) is 12.1 Å². The third kappa shape index (κ3) is 4.33. The summed E-state index contributed by atoms with van der Waals surface area (Å²) in [6, 6.07) is 7.95. The van der Waals surface area contributed by atoms with E-state index in [0.717, 1.165) is 19.1 Å². The number of hydrogen-bond acceptors (Lipinski definition) is 4. The SMILES string of the molecule is Cc1cc(-c2cccc(NS(C)(=O)=O)c2)c(C(=O)O)c(CC2CC2)c1C(=O)O. The molecule has 0 radical (unpaired) electrons. The Morgan fingerprint density at radius 2 is 1.75 bits per heavy atom. The van der Waals surface area contributed by atoms with E-state index in [1.807, 2.05) is 0 Å². The average Bonchev–Trinajstić information content (AvgIpc) is 3.36. The molecule has 0 heterocycles. The number of carbonyl (C=O) groups is 2. The first kappa shape index (κ1) is 19.9. The number of benzene rings is 2. The fraction of sp³-hybridized carbons (Fsp3) is 0.300. The van der Waals surface area contributed by atoms with E-state index < -0.39 is 22.0 Å². The molecule has 28 heavy (non-hydrogen) atoms. The van der Waals surface area contributed by atoms with Gasteiger partial charge < -0.3 is 10.2 Å². The maximum absolute atomic E-state index is 12.1. The molecule has 148 valence electrons. The molecule has 0 spiro atoms. The predicted molar refractivity (Wildman–Crippen MR) is 105 cm³/mol. The summed E-state index contributed by atoms with van der Waals surface area (Å²) in [4.78, 5) is 23.9. The number of carboxylic acid groups (broad SMARTS) is 2. The lowest BCUT2D eigenvalue weighted by atomic mass is 9.86. The van der Waals surface area contributed by atoms with Gasteiger partial charge in [-0.3, -0.25) is 4.72 Å². The van der Waals surface area contributed by atoms with Gasteiger partial charge in [-0.15, -0.1) is 0 Å². The Morgan fingerprint density at radius 1 is 1.11 bits per heavy atom. The number of nitrogens with one attached hydrogen (secondary N) is 1. The number of carboxylic acids is 2. The lowest BCUT2D eigenvalue weighted by Crippen LogP contribution is -2.14. The van der Waals surface area contributed by atoms with E-state index in [4.69, 9.17) is 0 Å². The van der Waals surface area contributed by atoms with Gasteiger partial charge in [0.25, 0.3) is 0 Å². The lowest BCUT2D eigenvalue weighted by Gasteiger charge is -2.18. The number of aryl methyl sites for hydroxylation is 1. The fourth-order valence-corrected chi connectivity index (χ4v) is 3.99. The molecule has 0 unspecified atom stereocenters. The van der Waals surface area contributed by atoms with Gasteiger partial charge in [-0.25, -0.2) is 18.0 Å². The van der Waals surface area contributed by atoms with Crippen LogP contribution in [0.3, 0.4) is 0 Å². The molecule has 2 aromatic rings. The van der Waals surface area contributed by atoms with Gasteiger partial charge in [0.2, 0.25) is 10.0 Å². The third-order valence-electron chi connectivity index (χ3n) is 4.72. The number of anilines is 1. The molecule has 7 nitrogen and oxygen atoms in total. The Balaban J connectivity index is 2.23. The van der Waals surface area contributed by atoms with Crippen LogP contribution in [0.5, 0.6) is 0 Å². The van der Waals surface area contributed by atoms with Gasteiger partial charge in [0.1, 0.15) is 0 Å². The second-order valence-corrected chi connectivity index (χ2v) is 8.93. The van der Waals surface area contributed by atoms with Crippen molar-refractivity contribution in [2.45, 2.75) is 26.2 Å². The smallest absolute Gasteiger partial charge is 0.336 e. The van der Waals surface area contributed by atoms with Crippen LogP contribution >= 0.6 is 0 Å². The van der Waals surface area contributed by atoms with Crippen molar-refractivity contribution in [3.05, 3.63) is 52.6 Å². The summed E-state index contributed by atoms with van der Waals surface area (Å²) in [6.07, 6.45) is 3.34. The van der Waals surface area contributed by atoms with E-state index in [2.05, 4.69) is 4.72 Å². The first-order chi connectivity index (χ1) is 13.1. The summed E-state index contributed by atoms with van der Waals surface area (Å²) in [6.45, 7) is 1.65. The van der Waals surface area contributed by atoms with Crippen molar-refractivity contribution in [2.75, 3.05) is 11.0 Å². The van der Waals surface area contributed by atoms with Gasteiger partial charge in [-0.2, -0.15) is 0 Å². The molecular weight excluding hydrogens is 382 g/mol. The molecule has 3 N–H and O–H groups in total. The molecule has 8 heteroatoms. The van der Waals surface area contributed by atoms with Gasteiger partial charge in [0, 0.05) is 5.69 Å². The van der Waals surface area contributed by atoms with Crippen LogP contribution in [0, 0.1) is 12.8 Å². The van der Waals surface area contributed by atoms with Crippen LogP contribution in [-0.4, -0.2) is 36.8 Å². The Morgan fingerprint density at radius 3 is 2.29 bits per heavy atom. The molecule has 0 amide bonds. The predicted octanol–water partition coefficient (Wildman–Crippen LogP) is 3.38. The second-order valence-electron chi connectivity index (χ2n) is 7.18. The fourth-order valence-electron chi connectivity index (χ4n) is 3.44. The van der Waals surface area contributed by atoms with Crippen molar-refractivity contribution in [3.63, 3.8) is 0 Å². The average molecular weight is 403 g/mol. The van der Waals surface area contributed by atoms with E-state index in [0.29, 0.717) is 40.3 Å². The molecule has 1 aliphatic carbocycles. The quantitative estimate of drug-likeness (QED) is 0.652. The number of aromatic carboxylic acids is 2. The van der Waals surface area contributed by atoms with Crippen LogP contribution in [-0.2, 0) is 16.4 Å². The first-order valence-corrected chi connectivity index (χ1v) is 10.7. The summed E-state index contributed by atoms with van der Waals surface area (Å²) < 4.78 is 25.4. The minimum atomic E-state index is -3.49. The minimum Gasteiger partial charge on any atom is -0.478 e. The Bertz CT molecular complexity index is 1070. The summed E-state index contributed by atoms with van der Waals surface area (Å²) in [5.41, 5.74) is 2.00. The normalized spacial score (nSPS) is 13.9. The van der Waals surface area contributed by atoms with Gasteiger partial charge >= 0.3 is 11.9 Å². The summed E-state index contributed by atoms with van der Waals surface area (Å²) >= 11 is 0. The minimum absolute atomic E-state index is 0.0357. The third-order valence-corrected chi connectivity index (χ3v) is 5.33. The van der Waals surface area contributed by atoms with E-state index in [-0.39, 0.29) is 11.1 Å². The molecule has 1 fully saturated rings. The van der Waals surface area contributed by atoms with Gasteiger partial charge in [0.05, 0.1) is 17.4 Å². The molecule has 0 aromatic heterocycles. The zero-order valence-electron chi connectivity index (χ0n) is 15.5. The summed E-state index contributed by atoms with van der Waals surface area (Å²) in [5, 5.41) is 19.5. The monoisotopic (exact) mass is 403 g/mol. The molecule has 1 saturated carbocycles. The first-order valence-electron chi connectivity index (χ1n) is 8.78. The molecule has 1 aliphatic rings. The maximum atomic E-state index is 12.1. The molecule has 0 bridgehead atoms. The molecule has 0 saturated heterocycles. The van der Waals surface area contributed by atoms with Crippen LogP contribution in [0.1, 0.15) is 44.7 Å². The van der Waals surface area contributed by atoms with Crippen LogP contribution in [0.2, 0.25) is 0 Å². The molecule has 0 aliphatic heterocycles. The molecular formula is C20H21NO6S. The Labute approximate surface area is 163 Å². The summed E-state index contributed by atoms with van der Waals surface area (Å²) in [5.74, 6) is -2.05. The van der Waals surface area contributed by atoms with Crippen molar-refractivity contribution in [1.82, 2.24) is 0 Å². The van der Waals surface area contributed by atoms with Crippen molar-refractivity contribution in [3.8, 4) is 11.1 Å². The van der Waals surface area contributed by atoms with E-state index in [1.165, 1.54) is 0 Å². The second kappa shape index (κ2) is 7.27. The molecule has 3 rings (SSSR count). The molecule has 0 atom stereocenters. The lowest BCUT2D eigenvalue weighted by molar-refractivity contribution is 0.0695. The highest BCUT2D eigenvalue weighted by Crippen LogP contribution is 2.39. The van der Waals surface area contributed by atoms with E-state index >= 15 is 0 Å². The number of hydrogen-bond donors (Lipinski definition) is 3. The molecule has 2 aromatic carbocycles. The Hall–Kier alpha value is -2.87. The maximum Gasteiger partial charge on any atom is 0.336 e. The number of rotatable bonds is 7. The highest BCUT2D eigenvalue weighted by atomic mass is 32.2.